The Morgan fingerprint density at radius 3 is 2.35 bits per heavy atom. The number of halogens is 1. The van der Waals surface area contributed by atoms with E-state index in [9.17, 15) is 9.18 Å². The van der Waals surface area contributed by atoms with Gasteiger partial charge in [-0.2, -0.15) is 5.10 Å². The fourth-order valence-electron chi connectivity index (χ4n) is 5.04. The molecule has 0 N–H and O–H groups in total. The van der Waals surface area contributed by atoms with Gasteiger partial charge in [0.1, 0.15) is 11.5 Å². The number of aromatic nitrogens is 2. The van der Waals surface area contributed by atoms with Gasteiger partial charge >= 0.3 is 0 Å². The molecule has 1 aromatic heterocycles. The van der Waals surface area contributed by atoms with Gasteiger partial charge in [0.05, 0.1) is 5.69 Å². The van der Waals surface area contributed by atoms with Gasteiger partial charge in [-0.15, -0.1) is 0 Å². The molecule has 2 aromatic carbocycles. The minimum atomic E-state index is -0.174. The van der Waals surface area contributed by atoms with Crippen LogP contribution in [0, 0.1) is 17.7 Å². The zero-order valence-electron chi connectivity index (χ0n) is 22.5. The second kappa shape index (κ2) is 14.0. The standard InChI is InChI=1S/C29H34FN3O.C2H6.CH4/c1-5-21-12-15-24(20(2)26(18-21)25-8-6-7-9-27(25)30)29-28(34)16-17-33(31-29)23-13-10-22(11-14-23)19-32(3)4;1-2;/h6-11,13-17,20-21,26H,5,12,18-19H2,1-4H3;1-2H3;1H4. The Morgan fingerprint density at radius 1 is 1.05 bits per heavy atom. The van der Waals surface area contributed by atoms with Crippen molar-refractivity contribution in [2.75, 3.05) is 14.1 Å². The fourth-order valence-corrected chi connectivity index (χ4v) is 5.04. The summed E-state index contributed by atoms with van der Waals surface area (Å²) in [6.07, 6.45) is 6.68. The Balaban J connectivity index is 0.00000157. The van der Waals surface area contributed by atoms with Crippen LogP contribution in [-0.2, 0) is 6.54 Å². The summed E-state index contributed by atoms with van der Waals surface area (Å²) < 4.78 is 16.6. The Labute approximate surface area is 222 Å². The summed E-state index contributed by atoms with van der Waals surface area (Å²) in [5, 5.41) is 4.78. The number of benzene rings is 2. The largest absolute Gasteiger partial charge is 0.305 e. The highest BCUT2D eigenvalue weighted by Crippen LogP contribution is 2.43. The van der Waals surface area contributed by atoms with Gasteiger partial charge in [0.2, 0.25) is 5.43 Å². The fraction of sp³-hybridized carbons (Fsp3) is 0.438. The summed E-state index contributed by atoms with van der Waals surface area (Å²) in [4.78, 5) is 15.1. The van der Waals surface area contributed by atoms with E-state index in [1.165, 1.54) is 11.6 Å². The lowest BCUT2D eigenvalue weighted by molar-refractivity contribution is 0.392. The van der Waals surface area contributed by atoms with Crippen LogP contribution in [0.4, 0.5) is 4.39 Å². The smallest absolute Gasteiger partial charge is 0.207 e. The molecule has 4 nitrogen and oxygen atoms in total. The maximum atomic E-state index is 14.8. The van der Waals surface area contributed by atoms with Gasteiger partial charge in [-0.1, -0.05) is 78.0 Å². The van der Waals surface area contributed by atoms with E-state index < -0.39 is 0 Å². The molecule has 1 heterocycles. The van der Waals surface area contributed by atoms with Crippen molar-refractivity contribution in [1.29, 1.82) is 0 Å². The molecule has 1 aliphatic rings. The average molecular weight is 506 g/mol. The molecule has 37 heavy (non-hydrogen) atoms. The predicted molar refractivity (Wildman–Crippen MR) is 155 cm³/mol. The summed E-state index contributed by atoms with van der Waals surface area (Å²) in [5.41, 5.74) is 4.14. The summed E-state index contributed by atoms with van der Waals surface area (Å²) >= 11 is 0. The van der Waals surface area contributed by atoms with Crippen LogP contribution in [0.15, 0.2) is 71.7 Å². The average Bonchev–Trinajstić information content (AvgIpc) is 3.05. The molecule has 0 saturated heterocycles. The Hall–Kier alpha value is -3.05. The van der Waals surface area contributed by atoms with Crippen molar-refractivity contribution in [3.05, 3.63) is 99.7 Å². The third-order valence-electron chi connectivity index (χ3n) is 7.02. The first-order valence-electron chi connectivity index (χ1n) is 13.2. The zero-order valence-corrected chi connectivity index (χ0v) is 22.5. The van der Waals surface area contributed by atoms with Crippen molar-refractivity contribution in [1.82, 2.24) is 14.7 Å². The maximum absolute atomic E-state index is 14.8. The number of hydrogen-bond donors (Lipinski definition) is 0. The number of nitrogens with zero attached hydrogens (tertiary/aromatic N) is 3. The molecule has 3 aromatic rings. The lowest BCUT2D eigenvalue weighted by Crippen LogP contribution is -2.21. The summed E-state index contributed by atoms with van der Waals surface area (Å²) in [6.45, 7) is 9.15. The molecule has 0 bridgehead atoms. The van der Waals surface area contributed by atoms with E-state index >= 15 is 0 Å². The van der Waals surface area contributed by atoms with Crippen LogP contribution in [0.3, 0.4) is 0 Å². The number of hydrogen-bond acceptors (Lipinski definition) is 3. The van der Waals surface area contributed by atoms with Gasteiger partial charge < -0.3 is 4.90 Å². The van der Waals surface area contributed by atoms with Gasteiger partial charge in [-0.25, -0.2) is 9.07 Å². The van der Waals surface area contributed by atoms with Gasteiger partial charge in [0.15, 0.2) is 0 Å². The molecule has 4 rings (SSSR count). The molecule has 0 amide bonds. The second-order valence-electron chi connectivity index (χ2n) is 9.70. The topological polar surface area (TPSA) is 38.1 Å². The Bertz CT molecular complexity index is 1210. The van der Waals surface area contributed by atoms with Crippen LogP contribution in [-0.4, -0.2) is 28.8 Å². The van der Waals surface area contributed by atoms with Crippen molar-refractivity contribution in [2.45, 2.75) is 66.8 Å². The zero-order chi connectivity index (χ0) is 26.2. The van der Waals surface area contributed by atoms with E-state index in [2.05, 4.69) is 37.0 Å². The molecular weight excluding hydrogens is 461 g/mol. The second-order valence-corrected chi connectivity index (χ2v) is 9.70. The van der Waals surface area contributed by atoms with E-state index in [1.807, 2.05) is 52.2 Å². The summed E-state index contributed by atoms with van der Waals surface area (Å²) in [6, 6.07) is 16.9. The van der Waals surface area contributed by atoms with E-state index in [1.54, 1.807) is 23.0 Å². The number of rotatable bonds is 6. The molecule has 0 fully saturated rings. The van der Waals surface area contributed by atoms with Gasteiger partial charge in [-0.05, 0) is 79.6 Å². The minimum absolute atomic E-state index is 0. The third-order valence-corrected chi connectivity index (χ3v) is 7.02. The lowest BCUT2D eigenvalue weighted by Gasteiger charge is -2.27. The Kier molecular flexibility index (Phi) is 11.4. The van der Waals surface area contributed by atoms with Crippen LogP contribution in [0.2, 0.25) is 0 Å². The van der Waals surface area contributed by atoms with Crippen LogP contribution < -0.4 is 5.43 Å². The maximum Gasteiger partial charge on any atom is 0.207 e. The van der Waals surface area contributed by atoms with E-state index in [-0.39, 0.29) is 30.5 Å². The van der Waals surface area contributed by atoms with Crippen molar-refractivity contribution >= 4 is 5.57 Å². The molecule has 200 valence electrons. The van der Waals surface area contributed by atoms with E-state index in [0.29, 0.717) is 11.6 Å². The van der Waals surface area contributed by atoms with Crippen LogP contribution in [0.25, 0.3) is 11.3 Å². The molecule has 0 radical (unpaired) electrons. The monoisotopic (exact) mass is 505 g/mol. The highest BCUT2D eigenvalue weighted by Gasteiger charge is 2.31. The predicted octanol–water partition coefficient (Wildman–Crippen LogP) is 7.72. The van der Waals surface area contributed by atoms with Crippen molar-refractivity contribution < 1.29 is 4.39 Å². The highest BCUT2D eigenvalue weighted by atomic mass is 19.1. The molecule has 0 saturated carbocycles. The Morgan fingerprint density at radius 2 is 1.73 bits per heavy atom. The lowest BCUT2D eigenvalue weighted by atomic mass is 9.78. The molecule has 0 aliphatic heterocycles. The first-order chi connectivity index (χ1) is 17.4. The molecule has 1 aliphatic carbocycles. The van der Waals surface area contributed by atoms with Crippen LogP contribution in [0.5, 0.6) is 0 Å². The third kappa shape index (κ3) is 7.26. The quantitative estimate of drug-likeness (QED) is 0.344. The van der Waals surface area contributed by atoms with E-state index in [4.69, 9.17) is 5.10 Å². The highest BCUT2D eigenvalue weighted by molar-refractivity contribution is 5.65. The number of allylic oxidation sites excluding steroid dienone is 2. The van der Waals surface area contributed by atoms with Crippen LogP contribution >= 0.6 is 0 Å². The van der Waals surface area contributed by atoms with Gasteiger partial charge in [-0.3, -0.25) is 4.79 Å². The first-order valence-corrected chi connectivity index (χ1v) is 13.2. The van der Waals surface area contributed by atoms with Gasteiger partial charge in [0, 0.05) is 18.8 Å². The van der Waals surface area contributed by atoms with Crippen molar-refractivity contribution in [2.24, 2.45) is 11.8 Å². The summed E-state index contributed by atoms with van der Waals surface area (Å²) in [5.74, 6) is 0.249. The first kappa shape index (κ1) is 30.2. The molecule has 5 heteroatoms. The summed E-state index contributed by atoms with van der Waals surface area (Å²) in [7, 11) is 4.09. The van der Waals surface area contributed by atoms with E-state index in [0.717, 1.165) is 42.6 Å². The van der Waals surface area contributed by atoms with Gasteiger partial charge in [0.25, 0.3) is 0 Å². The minimum Gasteiger partial charge on any atom is -0.305 e. The van der Waals surface area contributed by atoms with Crippen molar-refractivity contribution in [3.8, 4) is 5.69 Å². The van der Waals surface area contributed by atoms with Crippen LogP contribution in [0.1, 0.15) is 77.1 Å². The molecule has 3 unspecified atom stereocenters. The normalized spacial score (nSPS) is 19.2. The SMILES string of the molecule is C.CC.CCC1CC=C(c2nn(-c3ccc(CN(C)C)cc3)ccc2=O)C(C)C(c2ccccc2F)C1. The molecule has 0 spiro atoms. The molecular formula is C32H44FN3O. The molecule has 3 atom stereocenters. The van der Waals surface area contributed by atoms with Crippen molar-refractivity contribution in [3.63, 3.8) is 0 Å².